The molecule has 0 aliphatic rings. The van der Waals surface area contributed by atoms with Gasteiger partial charge in [-0.05, 0) is 75.1 Å². The summed E-state index contributed by atoms with van der Waals surface area (Å²) >= 11 is 0. The maximum absolute atomic E-state index is 12.4. The highest BCUT2D eigenvalue weighted by Crippen LogP contribution is 2.17. The van der Waals surface area contributed by atoms with Crippen molar-refractivity contribution < 1.29 is 14.3 Å². The Morgan fingerprint density at radius 3 is 1.98 bits per heavy atom. The summed E-state index contributed by atoms with van der Waals surface area (Å²) in [6, 6.07) is 6.32. The Balaban J connectivity index is 2.07. The summed E-state index contributed by atoms with van der Waals surface area (Å²) in [5, 5.41) is 8.33. The lowest BCUT2D eigenvalue weighted by atomic mass is 10.1. The van der Waals surface area contributed by atoms with Crippen molar-refractivity contribution in [2.24, 2.45) is 5.18 Å². The average molecular weight is 550 g/mol. The quantitative estimate of drug-likeness (QED) is 0.0882. The average Bonchev–Trinajstić information content (AvgIpc) is 2.98. The van der Waals surface area contributed by atoms with Gasteiger partial charge in [-0.25, -0.2) is 0 Å². The highest BCUT2D eigenvalue weighted by atomic mass is 16.5. The molecule has 218 valence electrons. The molecule has 0 unspecified atom stereocenters. The van der Waals surface area contributed by atoms with Crippen LogP contribution in [0.3, 0.4) is 0 Å². The SMILES string of the molecule is CC/C=C\C/C=C\C/C=C\C/C=C\C/C=C\CCCCO[C@@H](CC)C(=O)NCCNC(=O)c1ccccc1N=O. The number of rotatable bonds is 22. The van der Waals surface area contributed by atoms with E-state index in [9.17, 15) is 14.5 Å². The number of nitrogens with one attached hydrogen (secondary N) is 2. The number of carbonyl (C=O) groups is 2. The molecule has 0 spiro atoms. The first-order valence-electron chi connectivity index (χ1n) is 14.5. The van der Waals surface area contributed by atoms with Gasteiger partial charge >= 0.3 is 0 Å². The highest BCUT2D eigenvalue weighted by molar-refractivity contribution is 5.98. The fourth-order valence-electron chi connectivity index (χ4n) is 3.65. The Kier molecular flexibility index (Phi) is 21.1. The zero-order valence-corrected chi connectivity index (χ0v) is 24.2. The van der Waals surface area contributed by atoms with Crippen LogP contribution in [0.5, 0.6) is 0 Å². The Morgan fingerprint density at radius 2 is 1.38 bits per heavy atom. The minimum Gasteiger partial charge on any atom is -0.368 e. The third kappa shape index (κ3) is 17.1. The number of hydrogen-bond acceptors (Lipinski definition) is 5. The molecular weight excluding hydrogens is 502 g/mol. The molecule has 1 rings (SSSR count). The van der Waals surface area contributed by atoms with Crippen LogP contribution in [0.15, 0.2) is 90.2 Å². The largest absolute Gasteiger partial charge is 0.368 e. The zero-order chi connectivity index (χ0) is 29.1. The van der Waals surface area contributed by atoms with Crippen molar-refractivity contribution in [1.29, 1.82) is 0 Å². The Bertz CT molecular complexity index is 995. The summed E-state index contributed by atoms with van der Waals surface area (Å²) in [7, 11) is 0. The monoisotopic (exact) mass is 549 g/mol. The van der Waals surface area contributed by atoms with Gasteiger partial charge in [-0.3, -0.25) is 9.59 Å². The van der Waals surface area contributed by atoms with Gasteiger partial charge in [-0.2, -0.15) is 0 Å². The lowest BCUT2D eigenvalue weighted by Crippen LogP contribution is -2.40. The summed E-state index contributed by atoms with van der Waals surface area (Å²) in [4.78, 5) is 35.4. The van der Waals surface area contributed by atoms with Crippen molar-refractivity contribution in [1.82, 2.24) is 10.6 Å². The van der Waals surface area contributed by atoms with Crippen LogP contribution in [0.25, 0.3) is 0 Å². The second-order valence-corrected chi connectivity index (χ2v) is 9.13. The Labute approximate surface area is 240 Å². The van der Waals surface area contributed by atoms with E-state index < -0.39 is 12.0 Å². The summed E-state index contributed by atoms with van der Waals surface area (Å²) < 4.78 is 5.76. The summed E-state index contributed by atoms with van der Waals surface area (Å²) in [6.07, 6.45) is 29.9. The second-order valence-electron chi connectivity index (χ2n) is 9.13. The predicted octanol–water partition coefficient (Wildman–Crippen LogP) is 7.65. The topological polar surface area (TPSA) is 96.9 Å². The molecule has 0 aliphatic heterocycles. The van der Waals surface area contributed by atoms with Crippen LogP contribution in [0.2, 0.25) is 0 Å². The van der Waals surface area contributed by atoms with E-state index in [1.54, 1.807) is 12.1 Å². The molecule has 1 aromatic carbocycles. The first-order valence-corrected chi connectivity index (χ1v) is 14.5. The number of nitroso groups, excluding NO2 is 1. The molecule has 0 bridgehead atoms. The number of amides is 2. The van der Waals surface area contributed by atoms with Crippen molar-refractivity contribution in [2.75, 3.05) is 19.7 Å². The number of nitrogens with zero attached hydrogens (tertiary/aromatic N) is 1. The van der Waals surface area contributed by atoms with Crippen molar-refractivity contribution in [3.63, 3.8) is 0 Å². The molecule has 40 heavy (non-hydrogen) atoms. The van der Waals surface area contributed by atoms with Crippen LogP contribution in [0.1, 0.15) is 82.0 Å². The van der Waals surface area contributed by atoms with Crippen molar-refractivity contribution in [3.8, 4) is 0 Å². The number of benzene rings is 1. The molecule has 0 saturated carbocycles. The van der Waals surface area contributed by atoms with Crippen LogP contribution in [0, 0.1) is 4.91 Å². The van der Waals surface area contributed by atoms with Crippen LogP contribution in [-0.2, 0) is 9.53 Å². The van der Waals surface area contributed by atoms with Gasteiger partial charge in [0.25, 0.3) is 5.91 Å². The number of hydrogen-bond donors (Lipinski definition) is 2. The van der Waals surface area contributed by atoms with Crippen LogP contribution >= 0.6 is 0 Å². The zero-order valence-electron chi connectivity index (χ0n) is 24.2. The van der Waals surface area contributed by atoms with Gasteiger partial charge in [0.2, 0.25) is 5.91 Å². The van der Waals surface area contributed by atoms with Crippen molar-refractivity contribution in [2.45, 2.75) is 77.7 Å². The lowest BCUT2D eigenvalue weighted by Gasteiger charge is -2.16. The van der Waals surface area contributed by atoms with E-state index in [4.69, 9.17) is 4.74 Å². The van der Waals surface area contributed by atoms with E-state index >= 15 is 0 Å². The minimum absolute atomic E-state index is 0.0878. The van der Waals surface area contributed by atoms with Gasteiger partial charge in [-0.1, -0.05) is 86.7 Å². The second kappa shape index (κ2) is 24.5. The molecule has 0 heterocycles. The highest BCUT2D eigenvalue weighted by Gasteiger charge is 2.16. The van der Waals surface area contributed by atoms with Crippen molar-refractivity contribution >= 4 is 17.5 Å². The number of carbonyl (C=O) groups excluding carboxylic acids is 2. The normalized spacial score (nSPS) is 12.8. The van der Waals surface area contributed by atoms with E-state index in [1.807, 2.05) is 6.92 Å². The molecule has 1 atom stereocenters. The predicted molar refractivity (Wildman–Crippen MR) is 166 cm³/mol. The maximum Gasteiger partial charge on any atom is 0.253 e. The van der Waals surface area contributed by atoms with Gasteiger partial charge in [0.1, 0.15) is 11.8 Å². The third-order valence-corrected chi connectivity index (χ3v) is 5.86. The van der Waals surface area contributed by atoms with E-state index in [-0.39, 0.29) is 30.2 Å². The Hall–Kier alpha value is -3.58. The van der Waals surface area contributed by atoms with E-state index in [2.05, 4.69) is 83.5 Å². The van der Waals surface area contributed by atoms with Gasteiger partial charge < -0.3 is 15.4 Å². The van der Waals surface area contributed by atoms with Gasteiger partial charge in [0, 0.05) is 19.7 Å². The molecule has 1 aromatic rings. The molecule has 0 fully saturated rings. The molecule has 0 saturated heterocycles. The molecule has 0 aromatic heterocycles. The lowest BCUT2D eigenvalue weighted by molar-refractivity contribution is -0.133. The molecule has 2 amide bonds. The number of unbranched alkanes of at least 4 members (excludes halogenated alkanes) is 2. The molecule has 0 radical (unpaired) electrons. The summed E-state index contributed by atoms with van der Waals surface area (Å²) in [5.74, 6) is -0.593. The maximum atomic E-state index is 12.4. The number of allylic oxidation sites excluding steroid dienone is 10. The summed E-state index contributed by atoms with van der Waals surface area (Å²) in [6.45, 7) is 5.09. The van der Waals surface area contributed by atoms with Crippen molar-refractivity contribution in [3.05, 3.63) is 95.5 Å². The molecular formula is C33H47N3O4. The molecule has 7 heteroatoms. The van der Waals surface area contributed by atoms with Crippen LogP contribution in [-0.4, -0.2) is 37.6 Å². The molecule has 0 aliphatic carbocycles. The minimum atomic E-state index is -0.510. The summed E-state index contributed by atoms with van der Waals surface area (Å²) in [5.41, 5.74) is 0.299. The van der Waals surface area contributed by atoms with Crippen LogP contribution in [0.4, 0.5) is 5.69 Å². The van der Waals surface area contributed by atoms with E-state index in [0.29, 0.717) is 13.0 Å². The van der Waals surface area contributed by atoms with Crippen LogP contribution < -0.4 is 10.6 Å². The van der Waals surface area contributed by atoms with Gasteiger partial charge in [0.05, 0.1) is 5.56 Å². The Morgan fingerprint density at radius 1 is 0.800 bits per heavy atom. The fourth-order valence-corrected chi connectivity index (χ4v) is 3.65. The third-order valence-electron chi connectivity index (χ3n) is 5.86. The molecule has 7 nitrogen and oxygen atoms in total. The first-order chi connectivity index (χ1) is 19.6. The smallest absolute Gasteiger partial charge is 0.253 e. The molecule has 2 N–H and O–H groups in total. The van der Waals surface area contributed by atoms with Gasteiger partial charge in [-0.15, -0.1) is 4.91 Å². The number of ether oxygens (including phenoxy) is 1. The standard InChI is InChI=1S/C33H47N3O4/c1-3-5-6-7-8-9-10-11-12-13-14-15-16-17-18-19-20-23-28-40-31(4-2)33(38)35-27-26-34-32(37)29-24-21-22-25-30(29)36-39/h5-6,8-9,11-12,14-15,17-18,21-22,24-25,31H,3-4,7,10,13,16,19-20,23,26-28H2,1-2H3,(H,34,37)(H,35,38)/b6-5-,9-8-,12-11-,15-14-,18-17-/t31-/m0/s1. The first kappa shape index (κ1) is 34.4. The van der Waals surface area contributed by atoms with E-state index in [0.717, 1.165) is 51.4 Å². The van der Waals surface area contributed by atoms with Gasteiger partial charge in [0.15, 0.2) is 0 Å². The van der Waals surface area contributed by atoms with E-state index in [1.165, 1.54) is 12.1 Å². The fraction of sp³-hybridized carbons (Fsp3) is 0.455.